The van der Waals surface area contributed by atoms with Crippen LogP contribution in [-0.4, -0.2) is 47.1 Å². The van der Waals surface area contributed by atoms with Crippen molar-refractivity contribution < 1.29 is 9.32 Å². The molecule has 0 saturated carbocycles. The van der Waals surface area contributed by atoms with Crippen molar-refractivity contribution in [3.05, 3.63) is 35.7 Å². The fraction of sp³-hybridized carbons (Fsp3) is 0.438. The second kappa shape index (κ2) is 5.21. The Morgan fingerprint density at radius 1 is 1.27 bits per heavy atom. The quantitative estimate of drug-likeness (QED) is 0.906. The summed E-state index contributed by atoms with van der Waals surface area (Å²) in [6, 6.07) is 7.45. The van der Waals surface area contributed by atoms with Gasteiger partial charge in [-0.2, -0.15) is 4.98 Å². The van der Waals surface area contributed by atoms with E-state index in [2.05, 4.69) is 15.5 Å². The fourth-order valence-electron chi connectivity index (χ4n) is 3.45. The maximum Gasteiger partial charge on any atom is 0.258 e. The summed E-state index contributed by atoms with van der Waals surface area (Å²) in [5, 5.41) is 7.21. The lowest BCUT2D eigenvalue weighted by Crippen LogP contribution is -2.32. The zero-order valence-corrected chi connectivity index (χ0v) is 12.5. The Kier molecular flexibility index (Phi) is 3.18. The van der Waals surface area contributed by atoms with Crippen molar-refractivity contribution in [3.63, 3.8) is 0 Å². The van der Waals surface area contributed by atoms with Gasteiger partial charge in [-0.25, -0.2) is 0 Å². The number of aromatic nitrogens is 2. The molecule has 0 bridgehead atoms. The molecule has 2 fully saturated rings. The summed E-state index contributed by atoms with van der Waals surface area (Å²) in [4.78, 5) is 19.1. The smallest absolute Gasteiger partial charge is 0.258 e. The number of rotatable bonds is 2. The normalized spacial score (nSPS) is 23.8. The predicted molar refractivity (Wildman–Crippen MR) is 80.2 cm³/mol. The monoisotopic (exact) mass is 298 g/mol. The number of fused-ring (bicyclic) bond motifs is 1. The molecule has 2 aromatic rings. The number of amides is 1. The van der Waals surface area contributed by atoms with Crippen LogP contribution in [0.1, 0.15) is 16.2 Å². The summed E-state index contributed by atoms with van der Waals surface area (Å²) in [5.41, 5.74) is 1.35. The standard InChI is InChI=1S/C16H18N4O2/c1-10-18-15(22-19-10)13-4-2-3-5-14(13)16(21)20-8-11-6-17-7-12(11)9-20/h2-5,11-12,17H,6-9H2,1H3/t11-,12+. The highest BCUT2D eigenvalue weighted by Crippen LogP contribution is 2.29. The number of benzene rings is 1. The van der Waals surface area contributed by atoms with Crippen molar-refractivity contribution in [2.45, 2.75) is 6.92 Å². The van der Waals surface area contributed by atoms with Crippen molar-refractivity contribution in [3.8, 4) is 11.5 Å². The van der Waals surface area contributed by atoms with E-state index in [9.17, 15) is 4.79 Å². The first-order valence-electron chi connectivity index (χ1n) is 7.62. The molecule has 6 nitrogen and oxygen atoms in total. The molecule has 3 heterocycles. The van der Waals surface area contributed by atoms with Crippen LogP contribution in [0.3, 0.4) is 0 Å². The minimum Gasteiger partial charge on any atom is -0.338 e. The van der Waals surface area contributed by atoms with Crippen LogP contribution in [0, 0.1) is 18.8 Å². The number of carbonyl (C=O) groups is 1. The van der Waals surface area contributed by atoms with Gasteiger partial charge in [0, 0.05) is 26.2 Å². The zero-order valence-electron chi connectivity index (χ0n) is 12.5. The van der Waals surface area contributed by atoms with Gasteiger partial charge in [-0.1, -0.05) is 17.3 Å². The van der Waals surface area contributed by atoms with Gasteiger partial charge in [-0.15, -0.1) is 0 Å². The van der Waals surface area contributed by atoms with Crippen molar-refractivity contribution in [1.29, 1.82) is 0 Å². The van der Waals surface area contributed by atoms with Crippen molar-refractivity contribution in [1.82, 2.24) is 20.4 Å². The molecule has 1 amide bonds. The van der Waals surface area contributed by atoms with Crippen molar-refractivity contribution in [2.24, 2.45) is 11.8 Å². The number of nitrogens with one attached hydrogen (secondary N) is 1. The van der Waals surface area contributed by atoms with Gasteiger partial charge in [-0.05, 0) is 30.9 Å². The molecule has 1 N–H and O–H groups in total. The van der Waals surface area contributed by atoms with E-state index in [0.29, 0.717) is 34.7 Å². The lowest BCUT2D eigenvalue weighted by atomic mass is 10.0. The van der Waals surface area contributed by atoms with Gasteiger partial charge >= 0.3 is 0 Å². The van der Waals surface area contributed by atoms with Crippen LogP contribution in [0.4, 0.5) is 0 Å². The molecule has 2 saturated heterocycles. The van der Waals surface area contributed by atoms with Crippen LogP contribution < -0.4 is 5.32 Å². The molecule has 1 aromatic carbocycles. The SMILES string of the molecule is Cc1noc(-c2ccccc2C(=O)N2C[C@H]3CNC[C@H]3C2)n1. The van der Waals surface area contributed by atoms with E-state index in [-0.39, 0.29) is 5.91 Å². The number of aryl methyl sites for hydroxylation is 1. The summed E-state index contributed by atoms with van der Waals surface area (Å²) < 4.78 is 5.24. The molecule has 0 unspecified atom stereocenters. The molecule has 1 aromatic heterocycles. The summed E-state index contributed by atoms with van der Waals surface area (Å²) in [6.45, 7) is 5.45. The topological polar surface area (TPSA) is 71.3 Å². The number of nitrogens with zero attached hydrogens (tertiary/aromatic N) is 3. The van der Waals surface area contributed by atoms with Gasteiger partial charge < -0.3 is 14.7 Å². The van der Waals surface area contributed by atoms with Crippen LogP contribution in [0.5, 0.6) is 0 Å². The van der Waals surface area contributed by atoms with Gasteiger partial charge in [0.2, 0.25) is 0 Å². The molecule has 0 spiro atoms. The number of hydrogen-bond donors (Lipinski definition) is 1. The highest BCUT2D eigenvalue weighted by Gasteiger charge is 2.38. The third-order valence-electron chi connectivity index (χ3n) is 4.59. The molecule has 6 heteroatoms. The molecular formula is C16H18N4O2. The number of hydrogen-bond acceptors (Lipinski definition) is 5. The largest absolute Gasteiger partial charge is 0.338 e. The first kappa shape index (κ1) is 13.5. The van der Waals surface area contributed by atoms with E-state index < -0.39 is 0 Å². The van der Waals surface area contributed by atoms with Crippen molar-refractivity contribution >= 4 is 5.91 Å². The van der Waals surface area contributed by atoms with E-state index >= 15 is 0 Å². The summed E-state index contributed by atoms with van der Waals surface area (Å²) in [6.07, 6.45) is 0. The van der Waals surface area contributed by atoms with Crippen molar-refractivity contribution in [2.75, 3.05) is 26.2 Å². The molecule has 4 rings (SSSR count). The first-order chi connectivity index (χ1) is 10.7. The van der Waals surface area contributed by atoms with E-state index in [0.717, 1.165) is 26.2 Å². The summed E-state index contributed by atoms with van der Waals surface area (Å²) >= 11 is 0. The lowest BCUT2D eigenvalue weighted by Gasteiger charge is -2.18. The van der Waals surface area contributed by atoms with Gasteiger partial charge in [0.25, 0.3) is 11.8 Å². The third kappa shape index (κ3) is 2.20. The van der Waals surface area contributed by atoms with E-state index in [1.54, 1.807) is 6.92 Å². The second-order valence-electron chi connectivity index (χ2n) is 6.08. The van der Waals surface area contributed by atoms with E-state index in [1.165, 1.54) is 0 Å². The molecule has 22 heavy (non-hydrogen) atoms. The number of carbonyl (C=O) groups excluding carboxylic acids is 1. The highest BCUT2D eigenvalue weighted by atomic mass is 16.5. The van der Waals surface area contributed by atoms with Gasteiger partial charge in [0.15, 0.2) is 5.82 Å². The lowest BCUT2D eigenvalue weighted by molar-refractivity contribution is 0.0782. The minimum atomic E-state index is 0.0563. The van der Waals surface area contributed by atoms with Crippen LogP contribution in [0.2, 0.25) is 0 Å². The van der Waals surface area contributed by atoms with Gasteiger partial charge in [-0.3, -0.25) is 4.79 Å². The minimum absolute atomic E-state index is 0.0563. The van der Waals surface area contributed by atoms with Crippen LogP contribution in [-0.2, 0) is 0 Å². The van der Waals surface area contributed by atoms with E-state index in [4.69, 9.17) is 4.52 Å². The van der Waals surface area contributed by atoms with E-state index in [1.807, 2.05) is 29.2 Å². The average Bonchev–Trinajstić information content (AvgIpc) is 3.21. The molecule has 0 radical (unpaired) electrons. The molecule has 2 atom stereocenters. The number of likely N-dealkylation sites (tertiary alicyclic amines) is 1. The molecule has 0 aliphatic carbocycles. The molecular weight excluding hydrogens is 280 g/mol. The Hall–Kier alpha value is -2.21. The average molecular weight is 298 g/mol. The Morgan fingerprint density at radius 2 is 2.00 bits per heavy atom. The van der Waals surface area contributed by atoms with Crippen LogP contribution >= 0.6 is 0 Å². The predicted octanol–water partition coefficient (Wildman–Crippen LogP) is 1.34. The molecule has 114 valence electrons. The van der Waals surface area contributed by atoms with Crippen LogP contribution in [0.15, 0.2) is 28.8 Å². The first-order valence-corrected chi connectivity index (χ1v) is 7.62. The Bertz CT molecular complexity index is 700. The third-order valence-corrected chi connectivity index (χ3v) is 4.59. The maximum absolute atomic E-state index is 12.9. The second-order valence-corrected chi connectivity index (χ2v) is 6.08. The Labute approximate surface area is 128 Å². The highest BCUT2D eigenvalue weighted by molar-refractivity contribution is 6.00. The summed E-state index contributed by atoms with van der Waals surface area (Å²) in [5.74, 6) is 2.20. The Balaban J connectivity index is 1.64. The maximum atomic E-state index is 12.9. The Morgan fingerprint density at radius 3 is 2.68 bits per heavy atom. The van der Waals surface area contributed by atoms with Gasteiger partial charge in [0.1, 0.15) is 0 Å². The molecule has 2 aliphatic heterocycles. The molecule has 2 aliphatic rings. The summed E-state index contributed by atoms with van der Waals surface area (Å²) in [7, 11) is 0. The fourth-order valence-corrected chi connectivity index (χ4v) is 3.45. The van der Waals surface area contributed by atoms with Crippen LogP contribution in [0.25, 0.3) is 11.5 Å². The van der Waals surface area contributed by atoms with Gasteiger partial charge in [0.05, 0.1) is 11.1 Å². The zero-order chi connectivity index (χ0) is 15.1.